The van der Waals surface area contributed by atoms with Crippen LogP contribution in [-0.4, -0.2) is 22.9 Å². The van der Waals surface area contributed by atoms with E-state index in [0.29, 0.717) is 6.04 Å². The molecular formula is C17H25N3. The highest BCUT2D eigenvalue weighted by atomic mass is 15.3. The Labute approximate surface area is 122 Å². The van der Waals surface area contributed by atoms with E-state index in [9.17, 15) is 0 Å². The fourth-order valence-electron chi connectivity index (χ4n) is 2.41. The largest absolute Gasteiger partial charge is 0.317 e. The van der Waals surface area contributed by atoms with Crippen LogP contribution in [0.1, 0.15) is 30.0 Å². The van der Waals surface area contributed by atoms with Crippen molar-refractivity contribution in [3.8, 4) is 0 Å². The first-order chi connectivity index (χ1) is 9.71. The number of nitrogens with one attached hydrogen (secondary N) is 1. The van der Waals surface area contributed by atoms with Crippen molar-refractivity contribution in [1.29, 1.82) is 0 Å². The first-order valence-electron chi connectivity index (χ1n) is 7.45. The zero-order valence-corrected chi connectivity index (χ0v) is 12.8. The van der Waals surface area contributed by atoms with E-state index in [4.69, 9.17) is 0 Å². The van der Waals surface area contributed by atoms with Crippen molar-refractivity contribution in [2.45, 2.75) is 45.7 Å². The molecule has 2 rings (SSSR count). The third-order valence-corrected chi connectivity index (χ3v) is 3.80. The van der Waals surface area contributed by atoms with E-state index in [2.05, 4.69) is 54.7 Å². The van der Waals surface area contributed by atoms with Crippen molar-refractivity contribution in [3.05, 3.63) is 53.3 Å². The molecule has 1 aromatic heterocycles. The molecule has 1 N–H and O–H groups in total. The van der Waals surface area contributed by atoms with Crippen LogP contribution in [-0.2, 0) is 19.4 Å². The molecule has 0 aliphatic carbocycles. The summed E-state index contributed by atoms with van der Waals surface area (Å²) in [5.41, 5.74) is 4.06. The Morgan fingerprint density at radius 1 is 1.20 bits per heavy atom. The number of aromatic nitrogens is 2. The van der Waals surface area contributed by atoms with Gasteiger partial charge in [0.2, 0.25) is 0 Å². The summed E-state index contributed by atoms with van der Waals surface area (Å²) in [4.78, 5) is 0. The lowest BCUT2D eigenvalue weighted by atomic mass is 10.0. The second kappa shape index (κ2) is 7.25. The summed E-state index contributed by atoms with van der Waals surface area (Å²) in [5, 5.41) is 7.76. The number of nitrogens with zero attached hydrogens (tertiary/aromatic N) is 2. The van der Waals surface area contributed by atoms with E-state index >= 15 is 0 Å². The van der Waals surface area contributed by atoms with Gasteiger partial charge in [0.15, 0.2) is 0 Å². The maximum atomic E-state index is 4.34. The minimum Gasteiger partial charge on any atom is -0.317 e. The van der Waals surface area contributed by atoms with Gasteiger partial charge < -0.3 is 5.32 Å². The molecule has 0 saturated carbocycles. The fourth-order valence-corrected chi connectivity index (χ4v) is 2.41. The lowest BCUT2D eigenvalue weighted by molar-refractivity contribution is 0.520. The van der Waals surface area contributed by atoms with Gasteiger partial charge in [-0.3, -0.25) is 4.68 Å². The van der Waals surface area contributed by atoms with Crippen molar-refractivity contribution in [2.24, 2.45) is 0 Å². The van der Waals surface area contributed by atoms with Crippen molar-refractivity contribution < 1.29 is 0 Å². The molecule has 0 bridgehead atoms. The van der Waals surface area contributed by atoms with Crippen LogP contribution in [0.15, 0.2) is 36.7 Å². The molecular weight excluding hydrogens is 246 g/mol. The Balaban J connectivity index is 1.87. The standard InChI is InChI=1S/C17H25N3/c1-4-20-13-16(12-19-20)11-17(18-3)10-9-15-7-5-14(2)6-8-15/h5-8,12-13,17-18H,4,9-11H2,1-3H3. The maximum absolute atomic E-state index is 4.34. The molecule has 1 heterocycles. The molecule has 0 aliphatic heterocycles. The van der Waals surface area contributed by atoms with Crippen molar-refractivity contribution >= 4 is 0 Å². The Bertz CT molecular complexity index is 513. The van der Waals surface area contributed by atoms with E-state index in [1.54, 1.807) is 0 Å². The van der Waals surface area contributed by atoms with Gasteiger partial charge in [0.05, 0.1) is 6.20 Å². The Hall–Kier alpha value is -1.61. The van der Waals surface area contributed by atoms with Gasteiger partial charge in [0.1, 0.15) is 0 Å². The molecule has 0 fully saturated rings. The summed E-state index contributed by atoms with van der Waals surface area (Å²) in [7, 11) is 2.05. The van der Waals surface area contributed by atoms with Gasteiger partial charge in [0, 0.05) is 18.8 Å². The molecule has 0 amide bonds. The molecule has 0 radical (unpaired) electrons. The first kappa shape index (κ1) is 14.8. The van der Waals surface area contributed by atoms with Gasteiger partial charge >= 0.3 is 0 Å². The normalized spacial score (nSPS) is 12.6. The molecule has 3 nitrogen and oxygen atoms in total. The van der Waals surface area contributed by atoms with Crippen LogP contribution in [0.5, 0.6) is 0 Å². The quantitative estimate of drug-likeness (QED) is 0.839. The topological polar surface area (TPSA) is 29.9 Å². The molecule has 20 heavy (non-hydrogen) atoms. The molecule has 0 spiro atoms. The number of rotatable bonds is 7. The smallest absolute Gasteiger partial charge is 0.0522 e. The summed E-state index contributed by atoms with van der Waals surface area (Å²) in [6.45, 7) is 5.18. The minimum atomic E-state index is 0.505. The zero-order valence-electron chi connectivity index (χ0n) is 12.8. The predicted molar refractivity (Wildman–Crippen MR) is 84.0 cm³/mol. The first-order valence-corrected chi connectivity index (χ1v) is 7.45. The molecule has 108 valence electrons. The Kier molecular flexibility index (Phi) is 5.36. The average Bonchev–Trinajstić information content (AvgIpc) is 2.93. The SMILES string of the molecule is CCn1cc(CC(CCc2ccc(C)cc2)NC)cn1. The van der Waals surface area contributed by atoms with Crippen LogP contribution in [0.3, 0.4) is 0 Å². The van der Waals surface area contributed by atoms with Gasteiger partial charge in [-0.05, 0) is 51.3 Å². The second-order valence-electron chi connectivity index (χ2n) is 5.42. The van der Waals surface area contributed by atoms with Crippen LogP contribution >= 0.6 is 0 Å². The fraction of sp³-hybridized carbons (Fsp3) is 0.471. The summed E-state index contributed by atoms with van der Waals surface area (Å²) < 4.78 is 1.99. The number of aryl methyl sites for hydroxylation is 3. The van der Waals surface area contributed by atoms with Gasteiger partial charge in [-0.15, -0.1) is 0 Å². The third-order valence-electron chi connectivity index (χ3n) is 3.80. The van der Waals surface area contributed by atoms with Crippen molar-refractivity contribution in [1.82, 2.24) is 15.1 Å². The molecule has 0 saturated heterocycles. The monoisotopic (exact) mass is 271 g/mol. The van der Waals surface area contributed by atoms with E-state index in [1.807, 2.05) is 17.9 Å². The van der Waals surface area contributed by atoms with E-state index in [-0.39, 0.29) is 0 Å². The zero-order chi connectivity index (χ0) is 14.4. The lowest BCUT2D eigenvalue weighted by Crippen LogP contribution is -2.28. The van der Waals surface area contributed by atoms with Crippen LogP contribution in [0.25, 0.3) is 0 Å². The molecule has 1 unspecified atom stereocenters. The highest BCUT2D eigenvalue weighted by Crippen LogP contribution is 2.10. The molecule has 1 atom stereocenters. The summed E-state index contributed by atoms with van der Waals surface area (Å²) in [6, 6.07) is 9.35. The minimum absolute atomic E-state index is 0.505. The highest BCUT2D eigenvalue weighted by Gasteiger charge is 2.09. The third kappa shape index (κ3) is 4.20. The van der Waals surface area contributed by atoms with Crippen molar-refractivity contribution in [2.75, 3.05) is 7.05 Å². The number of hydrogen-bond acceptors (Lipinski definition) is 2. The van der Waals surface area contributed by atoms with Crippen LogP contribution in [0, 0.1) is 6.92 Å². The van der Waals surface area contributed by atoms with Crippen LogP contribution in [0.2, 0.25) is 0 Å². The van der Waals surface area contributed by atoms with Crippen LogP contribution < -0.4 is 5.32 Å². The van der Waals surface area contributed by atoms with Gasteiger partial charge in [-0.25, -0.2) is 0 Å². The van der Waals surface area contributed by atoms with Crippen LogP contribution in [0.4, 0.5) is 0 Å². The van der Waals surface area contributed by atoms with Crippen molar-refractivity contribution in [3.63, 3.8) is 0 Å². The Morgan fingerprint density at radius 2 is 1.95 bits per heavy atom. The molecule has 1 aromatic carbocycles. The number of likely N-dealkylation sites (N-methyl/N-ethyl adjacent to an activating group) is 1. The average molecular weight is 271 g/mol. The number of benzene rings is 1. The summed E-state index contributed by atoms with van der Waals surface area (Å²) in [5.74, 6) is 0. The Morgan fingerprint density at radius 3 is 2.55 bits per heavy atom. The van der Waals surface area contributed by atoms with E-state index in [0.717, 1.165) is 25.8 Å². The molecule has 0 aliphatic rings. The number of hydrogen-bond donors (Lipinski definition) is 1. The second-order valence-corrected chi connectivity index (χ2v) is 5.42. The molecule has 3 heteroatoms. The van der Waals surface area contributed by atoms with Gasteiger partial charge in [0.25, 0.3) is 0 Å². The summed E-state index contributed by atoms with van der Waals surface area (Å²) >= 11 is 0. The highest BCUT2D eigenvalue weighted by molar-refractivity contribution is 5.21. The lowest BCUT2D eigenvalue weighted by Gasteiger charge is -2.15. The molecule has 2 aromatic rings. The predicted octanol–water partition coefficient (Wildman–Crippen LogP) is 2.97. The summed E-state index contributed by atoms with van der Waals surface area (Å²) in [6.07, 6.45) is 7.45. The van der Waals surface area contributed by atoms with Gasteiger partial charge in [-0.2, -0.15) is 5.10 Å². The van der Waals surface area contributed by atoms with E-state index < -0.39 is 0 Å². The van der Waals surface area contributed by atoms with E-state index in [1.165, 1.54) is 16.7 Å². The van der Waals surface area contributed by atoms with Gasteiger partial charge in [-0.1, -0.05) is 29.8 Å². The maximum Gasteiger partial charge on any atom is 0.0522 e.